The molecule has 0 fully saturated rings. The first-order valence-corrected chi connectivity index (χ1v) is 8.77. The van der Waals surface area contributed by atoms with Crippen molar-refractivity contribution in [3.8, 4) is 0 Å². The van der Waals surface area contributed by atoms with Crippen LogP contribution < -0.4 is 5.73 Å². The molecule has 17 heavy (non-hydrogen) atoms. The zero-order valence-electron chi connectivity index (χ0n) is 9.35. The molecule has 0 saturated heterocycles. The molecule has 2 N–H and O–H groups in total. The number of hydrogen-bond acceptors (Lipinski definition) is 4. The summed E-state index contributed by atoms with van der Waals surface area (Å²) in [4.78, 5) is 0. The maximum absolute atomic E-state index is 11.7. The summed E-state index contributed by atoms with van der Waals surface area (Å²) in [6, 6.07) is 4.94. The van der Waals surface area contributed by atoms with Crippen LogP contribution >= 0.6 is 11.6 Å². The summed E-state index contributed by atoms with van der Waals surface area (Å²) >= 11 is 5.80. The fraction of sp³-hybridized carbons (Fsp3) is 0.400. The van der Waals surface area contributed by atoms with Gasteiger partial charge in [0.1, 0.15) is 9.84 Å². The number of hydrogen-bond donors (Lipinski definition) is 1. The van der Waals surface area contributed by atoms with Gasteiger partial charge in [0.2, 0.25) is 0 Å². The molecule has 0 amide bonds. The quantitative estimate of drug-likeness (QED) is 0.829. The highest BCUT2D eigenvalue weighted by molar-refractivity contribution is 7.92. The summed E-state index contributed by atoms with van der Waals surface area (Å²) in [5, 5.41) is 0.523. The summed E-state index contributed by atoms with van der Waals surface area (Å²) < 4.78 is 33.5. The molecule has 1 aromatic rings. The van der Waals surface area contributed by atoms with Crippen molar-refractivity contribution >= 4 is 37.9 Å². The average molecular weight is 296 g/mol. The lowest BCUT2D eigenvalue weighted by Gasteiger charge is -2.06. The van der Waals surface area contributed by atoms with Crippen molar-refractivity contribution in [2.75, 3.05) is 23.5 Å². The number of benzene rings is 1. The van der Waals surface area contributed by atoms with Gasteiger partial charge in [-0.3, -0.25) is 4.21 Å². The lowest BCUT2D eigenvalue weighted by atomic mass is 10.2. The number of nitrogen functional groups attached to an aromatic ring is 1. The summed E-state index contributed by atoms with van der Waals surface area (Å²) in [5.41, 5.74) is 6.91. The SMILES string of the molecule is CS(=O)(=O)CCS(=O)Cc1cc(Cl)ccc1N. The topological polar surface area (TPSA) is 77.2 Å². The second-order valence-electron chi connectivity index (χ2n) is 3.76. The first kappa shape index (κ1) is 14.5. The highest BCUT2D eigenvalue weighted by atomic mass is 35.5. The Morgan fingerprint density at radius 2 is 2.06 bits per heavy atom. The molecule has 0 saturated carbocycles. The van der Waals surface area contributed by atoms with Crippen molar-refractivity contribution in [1.29, 1.82) is 0 Å². The molecule has 7 heteroatoms. The summed E-state index contributed by atoms with van der Waals surface area (Å²) in [7, 11) is -4.33. The van der Waals surface area contributed by atoms with E-state index in [1.165, 1.54) is 0 Å². The van der Waals surface area contributed by atoms with E-state index < -0.39 is 20.6 Å². The van der Waals surface area contributed by atoms with Crippen molar-refractivity contribution in [2.24, 2.45) is 0 Å². The first-order valence-electron chi connectivity index (χ1n) is 4.84. The molecule has 4 nitrogen and oxygen atoms in total. The number of halogens is 1. The molecule has 0 bridgehead atoms. The van der Waals surface area contributed by atoms with Crippen molar-refractivity contribution in [1.82, 2.24) is 0 Å². The number of anilines is 1. The van der Waals surface area contributed by atoms with Gasteiger partial charge in [-0.2, -0.15) is 0 Å². The predicted molar refractivity (Wildman–Crippen MR) is 72.3 cm³/mol. The minimum atomic E-state index is -3.08. The van der Waals surface area contributed by atoms with Crippen LogP contribution in [-0.2, 0) is 26.4 Å². The minimum absolute atomic E-state index is 0.0833. The smallest absolute Gasteiger partial charge is 0.148 e. The lowest BCUT2D eigenvalue weighted by Crippen LogP contribution is -2.13. The van der Waals surface area contributed by atoms with Crippen LogP contribution in [0.4, 0.5) is 5.69 Å². The zero-order valence-corrected chi connectivity index (χ0v) is 11.7. The number of rotatable bonds is 5. The zero-order chi connectivity index (χ0) is 13.1. The molecular weight excluding hydrogens is 282 g/mol. The maximum atomic E-state index is 11.7. The molecule has 0 aromatic heterocycles. The van der Waals surface area contributed by atoms with E-state index in [1.807, 2.05) is 0 Å². The standard InChI is InChI=1S/C10H14ClNO3S2/c1-17(14,15)5-4-16(13)7-8-6-9(11)2-3-10(8)12/h2-3,6H,4-5,7,12H2,1H3. The van der Waals surface area contributed by atoms with Crippen LogP contribution in [0.1, 0.15) is 5.56 Å². The molecule has 0 spiro atoms. The molecule has 96 valence electrons. The summed E-state index contributed by atoms with van der Waals surface area (Å²) in [5.74, 6) is 0.257. The van der Waals surface area contributed by atoms with Crippen molar-refractivity contribution in [3.05, 3.63) is 28.8 Å². The van der Waals surface area contributed by atoms with Crippen LogP contribution in [0, 0.1) is 0 Å². The van der Waals surface area contributed by atoms with Crippen molar-refractivity contribution < 1.29 is 12.6 Å². The van der Waals surface area contributed by atoms with Gasteiger partial charge in [0, 0.05) is 33.5 Å². The monoisotopic (exact) mass is 295 g/mol. The largest absolute Gasteiger partial charge is 0.398 e. The van der Waals surface area contributed by atoms with E-state index in [2.05, 4.69) is 0 Å². The Kier molecular flexibility index (Phi) is 4.97. The van der Waals surface area contributed by atoms with E-state index in [9.17, 15) is 12.6 Å². The van der Waals surface area contributed by atoms with Gasteiger partial charge in [-0.1, -0.05) is 11.6 Å². The third-order valence-electron chi connectivity index (χ3n) is 2.10. The van der Waals surface area contributed by atoms with Crippen LogP contribution in [0.3, 0.4) is 0 Å². The fourth-order valence-corrected chi connectivity index (χ4v) is 4.08. The van der Waals surface area contributed by atoms with Gasteiger partial charge in [0.05, 0.1) is 11.5 Å². The highest BCUT2D eigenvalue weighted by Gasteiger charge is 2.09. The second-order valence-corrected chi connectivity index (χ2v) is 8.03. The van der Waals surface area contributed by atoms with Gasteiger partial charge in [-0.25, -0.2) is 8.42 Å². The predicted octanol–water partition coefficient (Wildman–Crippen LogP) is 1.22. The van der Waals surface area contributed by atoms with E-state index in [1.54, 1.807) is 18.2 Å². The Balaban J connectivity index is 2.65. The third-order valence-corrected chi connectivity index (χ3v) is 4.83. The van der Waals surface area contributed by atoms with Gasteiger partial charge in [-0.15, -0.1) is 0 Å². The fourth-order valence-electron chi connectivity index (χ4n) is 1.19. The normalized spacial score (nSPS) is 13.5. The van der Waals surface area contributed by atoms with Crippen LogP contribution in [0.25, 0.3) is 0 Å². The molecule has 0 aliphatic rings. The Hall–Kier alpha value is -0.590. The molecule has 0 aliphatic heterocycles. The number of sulfone groups is 1. The molecular formula is C10H14ClNO3S2. The van der Waals surface area contributed by atoms with E-state index >= 15 is 0 Å². The van der Waals surface area contributed by atoms with Crippen LogP contribution in [0.2, 0.25) is 5.02 Å². The van der Waals surface area contributed by atoms with Gasteiger partial charge in [0.25, 0.3) is 0 Å². The van der Waals surface area contributed by atoms with Crippen LogP contribution in [0.5, 0.6) is 0 Å². The van der Waals surface area contributed by atoms with Crippen molar-refractivity contribution in [3.63, 3.8) is 0 Å². The third kappa shape index (κ3) is 5.52. The molecule has 1 unspecified atom stereocenters. The van der Waals surface area contributed by atoms with E-state index in [0.717, 1.165) is 6.26 Å². The van der Waals surface area contributed by atoms with Crippen molar-refractivity contribution in [2.45, 2.75) is 5.75 Å². The first-order chi connectivity index (χ1) is 7.78. The lowest BCUT2D eigenvalue weighted by molar-refractivity contribution is 0.602. The van der Waals surface area contributed by atoms with E-state index in [4.69, 9.17) is 17.3 Å². The van der Waals surface area contributed by atoms with Crippen LogP contribution in [-0.4, -0.2) is 30.4 Å². The van der Waals surface area contributed by atoms with Gasteiger partial charge < -0.3 is 5.73 Å². The molecule has 0 radical (unpaired) electrons. The van der Waals surface area contributed by atoms with E-state index in [0.29, 0.717) is 16.3 Å². The molecule has 0 heterocycles. The average Bonchev–Trinajstić information content (AvgIpc) is 2.20. The minimum Gasteiger partial charge on any atom is -0.398 e. The summed E-state index contributed by atoms with van der Waals surface area (Å²) in [6.45, 7) is 0. The summed E-state index contributed by atoms with van der Waals surface area (Å²) in [6.07, 6.45) is 1.12. The Labute approximate surface area is 109 Å². The van der Waals surface area contributed by atoms with Gasteiger partial charge >= 0.3 is 0 Å². The second kappa shape index (κ2) is 5.84. The molecule has 1 atom stereocenters. The van der Waals surface area contributed by atoms with Crippen LogP contribution in [0.15, 0.2) is 18.2 Å². The number of nitrogens with two attached hydrogens (primary N) is 1. The van der Waals surface area contributed by atoms with E-state index in [-0.39, 0.29) is 17.3 Å². The molecule has 1 aromatic carbocycles. The Morgan fingerprint density at radius 1 is 1.41 bits per heavy atom. The van der Waals surface area contributed by atoms with Gasteiger partial charge in [0.15, 0.2) is 0 Å². The highest BCUT2D eigenvalue weighted by Crippen LogP contribution is 2.19. The Bertz CT molecular complexity index is 528. The maximum Gasteiger partial charge on any atom is 0.148 e. The van der Waals surface area contributed by atoms with Gasteiger partial charge in [-0.05, 0) is 23.8 Å². The Morgan fingerprint density at radius 3 is 2.65 bits per heavy atom. The molecule has 1 rings (SSSR count). The molecule has 0 aliphatic carbocycles.